The number of aromatic hydroxyl groups is 1. The fraction of sp³-hybridized carbons (Fsp3) is 0.417. The summed E-state index contributed by atoms with van der Waals surface area (Å²) in [4.78, 5) is 13.7. The number of amides is 1. The molecule has 0 aliphatic heterocycles. The number of benzene rings is 1. The number of nitrogens with zero attached hydrogens (tertiary/aromatic N) is 1. The van der Waals surface area contributed by atoms with Crippen molar-refractivity contribution >= 4 is 5.91 Å². The zero-order chi connectivity index (χ0) is 11.7. The Hall–Kier alpha value is -1.58. The summed E-state index contributed by atoms with van der Waals surface area (Å²) in [6, 6.07) is 3.78. The van der Waals surface area contributed by atoms with Crippen LogP contribution in [0.1, 0.15) is 30.1 Å². The highest BCUT2D eigenvalue weighted by Crippen LogP contribution is 2.29. The van der Waals surface area contributed by atoms with Gasteiger partial charge in [0.25, 0.3) is 5.91 Å². The lowest BCUT2D eigenvalue weighted by Crippen LogP contribution is -2.32. The molecule has 0 atom stereocenters. The minimum atomic E-state index is -0.538. The van der Waals surface area contributed by atoms with Crippen molar-refractivity contribution in [2.24, 2.45) is 0 Å². The Morgan fingerprint density at radius 2 is 2.25 bits per heavy atom. The third kappa shape index (κ3) is 2.01. The van der Waals surface area contributed by atoms with Crippen LogP contribution in [-0.4, -0.2) is 28.5 Å². The molecule has 0 spiro atoms. The molecule has 0 saturated heterocycles. The van der Waals surface area contributed by atoms with Gasteiger partial charge in [-0.3, -0.25) is 4.79 Å². The number of carbonyl (C=O) groups excluding carboxylic acids is 1. The highest BCUT2D eigenvalue weighted by atomic mass is 19.1. The number of phenols is 1. The molecule has 3 nitrogen and oxygen atoms in total. The Morgan fingerprint density at radius 1 is 1.56 bits per heavy atom. The monoisotopic (exact) mass is 223 g/mol. The molecule has 1 aliphatic rings. The molecule has 1 aromatic rings. The summed E-state index contributed by atoms with van der Waals surface area (Å²) in [5.41, 5.74) is 0.176. The summed E-state index contributed by atoms with van der Waals surface area (Å²) in [5, 5.41) is 9.52. The summed E-state index contributed by atoms with van der Waals surface area (Å²) < 4.78 is 12.8. The van der Waals surface area contributed by atoms with Crippen molar-refractivity contribution < 1.29 is 14.3 Å². The van der Waals surface area contributed by atoms with E-state index in [0.717, 1.165) is 18.9 Å². The van der Waals surface area contributed by atoms with Gasteiger partial charge in [0, 0.05) is 18.7 Å². The fourth-order valence-electron chi connectivity index (χ4n) is 1.79. The standard InChI is InChI=1S/C12H14FNO2/c1-2-14(9-4-5-9)12(16)10-6-3-8(13)7-11(10)15/h3,6-7,9,15H,2,4-5H2,1H3. The molecule has 86 valence electrons. The molecule has 0 radical (unpaired) electrons. The third-order valence-electron chi connectivity index (χ3n) is 2.78. The Labute approximate surface area is 93.5 Å². The molecule has 0 aromatic heterocycles. The van der Waals surface area contributed by atoms with E-state index in [0.29, 0.717) is 12.6 Å². The first-order valence-electron chi connectivity index (χ1n) is 5.43. The Bertz CT molecular complexity index is 415. The summed E-state index contributed by atoms with van der Waals surface area (Å²) in [6.07, 6.45) is 2.03. The van der Waals surface area contributed by atoms with E-state index >= 15 is 0 Å². The van der Waals surface area contributed by atoms with E-state index in [-0.39, 0.29) is 17.2 Å². The van der Waals surface area contributed by atoms with Gasteiger partial charge in [-0.2, -0.15) is 0 Å². The van der Waals surface area contributed by atoms with Crippen molar-refractivity contribution in [1.82, 2.24) is 4.90 Å². The van der Waals surface area contributed by atoms with E-state index in [9.17, 15) is 14.3 Å². The molecule has 16 heavy (non-hydrogen) atoms. The molecule has 0 heterocycles. The topological polar surface area (TPSA) is 40.5 Å². The zero-order valence-corrected chi connectivity index (χ0v) is 9.11. The average molecular weight is 223 g/mol. The van der Waals surface area contributed by atoms with Crippen LogP contribution in [0.4, 0.5) is 4.39 Å². The first-order valence-corrected chi connectivity index (χ1v) is 5.43. The molecule has 1 aromatic carbocycles. The smallest absolute Gasteiger partial charge is 0.257 e. The quantitative estimate of drug-likeness (QED) is 0.853. The molecule has 1 fully saturated rings. The maximum Gasteiger partial charge on any atom is 0.257 e. The summed E-state index contributed by atoms with van der Waals surface area (Å²) in [7, 11) is 0. The van der Waals surface area contributed by atoms with E-state index in [2.05, 4.69) is 0 Å². The summed E-state index contributed by atoms with van der Waals surface area (Å²) >= 11 is 0. The fourth-order valence-corrected chi connectivity index (χ4v) is 1.79. The largest absolute Gasteiger partial charge is 0.507 e. The Kier molecular flexibility index (Phi) is 2.81. The van der Waals surface area contributed by atoms with Crippen molar-refractivity contribution in [3.63, 3.8) is 0 Å². The van der Waals surface area contributed by atoms with Crippen LogP contribution in [-0.2, 0) is 0 Å². The minimum Gasteiger partial charge on any atom is -0.507 e. The second-order valence-electron chi connectivity index (χ2n) is 3.98. The second-order valence-corrected chi connectivity index (χ2v) is 3.98. The van der Waals surface area contributed by atoms with Crippen LogP contribution in [0.2, 0.25) is 0 Å². The lowest BCUT2D eigenvalue weighted by atomic mass is 10.1. The van der Waals surface area contributed by atoms with Gasteiger partial charge in [0.2, 0.25) is 0 Å². The average Bonchev–Trinajstić information content (AvgIpc) is 3.02. The molecule has 1 N–H and O–H groups in total. The van der Waals surface area contributed by atoms with Gasteiger partial charge in [0.05, 0.1) is 5.56 Å². The highest BCUT2D eigenvalue weighted by molar-refractivity contribution is 5.97. The predicted molar refractivity (Wildman–Crippen MR) is 57.8 cm³/mol. The maximum atomic E-state index is 12.8. The van der Waals surface area contributed by atoms with E-state index < -0.39 is 5.82 Å². The van der Waals surface area contributed by atoms with Crippen LogP contribution < -0.4 is 0 Å². The summed E-state index contributed by atoms with van der Waals surface area (Å²) in [6.45, 7) is 2.51. The van der Waals surface area contributed by atoms with Crippen LogP contribution in [0, 0.1) is 5.82 Å². The molecular weight excluding hydrogens is 209 g/mol. The molecule has 1 amide bonds. The van der Waals surface area contributed by atoms with Gasteiger partial charge in [-0.1, -0.05) is 0 Å². The third-order valence-corrected chi connectivity index (χ3v) is 2.78. The van der Waals surface area contributed by atoms with Crippen molar-refractivity contribution in [1.29, 1.82) is 0 Å². The first kappa shape index (κ1) is 10.9. The van der Waals surface area contributed by atoms with Gasteiger partial charge >= 0.3 is 0 Å². The second kappa shape index (κ2) is 4.12. The van der Waals surface area contributed by atoms with E-state index in [1.165, 1.54) is 12.1 Å². The van der Waals surface area contributed by atoms with E-state index in [1.807, 2.05) is 6.92 Å². The molecule has 1 saturated carbocycles. The normalized spacial score (nSPS) is 14.9. The number of hydrogen-bond donors (Lipinski definition) is 1. The van der Waals surface area contributed by atoms with Gasteiger partial charge in [0.1, 0.15) is 11.6 Å². The molecule has 1 aliphatic carbocycles. The lowest BCUT2D eigenvalue weighted by Gasteiger charge is -2.20. The Morgan fingerprint density at radius 3 is 2.75 bits per heavy atom. The van der Waals surface area contributed by atoms with Gasteiger partial charge in [-0.25, -0.2) is 4.39 Å². The van der Waals surface area contributed by atoms with Gasteiger partial charge < -0.3 is 10.0 Å². The van der Waals surface area contributed by atoms with Crippen LogP contribution in [0.15, 0.2) is 18.2 Å². The number of phenolic OH excluding ortho intramolecular Hbond substituents is 1. The molecule has 0 bridgehead atoms. The summed E-state index contributed by atoms with van der Waals surface area (Å²) in [5.74, 6) is -1.05. The van der Waals surface area contributed by atoms with Gasteiger partial charge in [-0.15, -0.1) is 0 Å². The number of hydrogen-bond acceptors (Lipinski definition) is 2. The predicted octanol–water partition coefficient (Wildman–Crippen LogP) is 2.16. The van der Waals surface area contributed by atoms with Crippen molar-refractivity contribution in [2.45, 2.75) is 25.8 Å². The molecule has 0 unspecified atom stereocenters. The number of carbonyl (C=O) groups is 1. The van der Waals surface area contributed by atoms with Crippen LogP contribution in [0.25, 0.3) is 0 Å². The first-order chi connectivity index (χ1) is 7.63. The number of halogens is 1. The minimum absolute atomic E-state index is 0.176. The van der Waals surface area contributed by atoms with Gasteiger partial charge in [-0.05, 0) is 31.9 Å². The maximum absolute atomic E-state index is 12.8. The lowest BCUT2D eigenvalue weighted by molar-refractivity contribution is 0.0749. The highest BCUT2D eigenvalue weighted by Gasteiger charge is 2.32. The van der Waals surface area contributed by atoms with Crippen molar-refractivity contribution in [3.05, 3.63) is 29.6 Å². The molecular formula is C12H14FNO2. The SMILES string of the molecule is CCN(C(=O)c1ccc(F)cc1O)C1CC1. The van der Waals surface area contributed by atoms with Crippen LogP contribution in [0.5, 0.6) is 5.75 Å². The number of rotatable bonds is 3. The molecule has 2 rings (SSSR count). The van der Waals surface area contributed by atoms with Crippen LogP contribution >= 0.6 is 0 Å². The van der Waals surface area contributed by atoms with E-state index in [1.54, 1.807) is 4.90 Å². The van der Waals surface area contributed by atoms with Gasteiger partial charge in [0.15, 0.2) is 0 Å². The zero-order valence-electron chi connectivity index (χ0n) is 9.11. The van der Waals surface area contributed by atoms with Crippen molar-refractivity contribution in [3.8, 4) is 5.75 Å². The van der Waals surface area contributed by atoms with Crippen LogP contribution in [0.3, 0.4) is 0 Å². The van der Waals surface area contributed by atoms with E-state index in [4.69, 9.17) is 0 Å². The van der Waals surface area contributed by atoms with Crippen molar-refractivity contribution in [2.75, 3.05) is 6.54 Å². The molecule has 4 heteroatoms. The Balaban J connectivity index is 2.25.